The summed E-state index contributed by atoms with van der Waals surface area (Å²) >= 11 is 3.35. The highest BCUT2D eigenvalue weighted by Crippen LogP contribution is 2.26. The molecular formula is C16H18BrN3O. The van der Waals surface area contributed by atoms with Gasteiger partial charge in [0.05, 0.1) is 10.0 Å². The number of anilines is 3. The van der Waals surface area contributed by atoms with Gasteiger partial charge in [-0.15, -0.1) is 0 Å². The predicted octanol–water partition coefficient (Wildman–Crippen LogP) is 3.66. The lowest BCUT2D eigenvalue weighted by Crippen LogP contribution is -2.15. The molecule has 0 radical (unpaired) electrons. The molecular weight excluding hydrogens is 330 g/mol. The summed E-state index contributed by atoms with van der Waals surface area (Å²) in [7, 11) is 3.95. The number of rotatable bonds is 3. The highest BCUT2D eigenvalue weighted by molar-refractivity contribution is 9.10. The Hall–Kier alpha value is -2.01. The summed E-state index contributed by atoms with van der Waals surface area (Å²) < 4.78 is 0.613. The van der Waals surface area contributed by atoms with E-state index in [4.69, 9.17) is 5.73 Å². The molecule has 2 aromatic carbocycles. The molecule has 0 heterocycles. The first-order valence-corrected chi connectivity index (χ1v) is 7.32. The van der Waals surface area contributed by atoms with Gasteiger partial charge in [0.1, 0.15) is 0 Å². The molecule has 110 valence electrons. The first kappa shape index (κ1) is 15.4. The number of nitrogens with zero attached hydrogens (tertiary/aromatic N) is 1. The van der Waals surface area contributed by atoms with Crippen molar-refractivity contribution in [3.8, 4) is 0 Å². The Bertz CT molecular complexity index is 683. The van der Waals surface area contributed by atoms with Gasteiger partial charge >= 0.3 is 0 Å². The van der Waals surface area contributed by atoms with E-state index in [9.17, 15) is 4.79 Å². The number of hydrogen-bond acceptors (Lipinski definition) is 3. The van der Waals surface area contributed by atoms with E-state index in [0.717, 1.165) is 16.9 Å². The van der Waals surface area contributed by atoms with Crippen LogP contribution in [-0.4, -0.2) is 20.0 Å². The van der Waals surface area contributed by atoms with Crippen molar-refractivity contribution in [2.45, 2.75) is 6.92 Å². The molecule has 0 aliphatic rings. The van der Waals surface area contributed by atoms with Crippen molar-refractivity contribution < 1.29 is 4.79 Å². The Labute approximate surface area is 133 Å². The Morgan fingerprint density at radius 2 is 1.95 bits per heavy atom. The molecule has 1 amide bonds. The molecule has 0 unspecified atom stereocenters. The standard InChI is InChI=1S/C16H18BrN3O/c1-10-7-8-11(9-14(10)20(2)3)19-16(21)12-5-4-6-13(18)15(12)17/h4-9H,18H2,1-3H3,(H,19,21). The summed E-state index contributed by atoms with van der Waals surface area (Å²) in [6.45, 7) is 2.04. The van der Waals surface area contributed by atoms with Crippen LogP contribution in [0.5, 0.6) is 0 Å². The minimum Gasteiger partial charge on any atom is -0.398 e. The van der Waals surface area contributed by atoms with E-state index < -0.39 is 0 Å². The van der Waals surface area contributed by atoms with Crippen LogP contribution in [0.2, 0.25) is 0 Å². The van der Waals surface area contributed by atoms with Gasteiger partial charge in [0, 0.05) is 31.2 Å². The minimum atomic E-state index is -0.192. The maximum absolute atomic E-state index is 12.3. The van der Waals surface area contributed by atoms with Crippen molar-refractivity contribution >= 4 is 38.9 Å². The average Bonchev–Trinajstić information content (AvgIpc) is 2.43. The zero-order valence-electron chi connectivity index (χ0n) is 12.3. The number of nitrogens with two attached hydrogens (primary N) is 1. The Kier molecular flexibility index (Phi) is 4.53. The van der Waals surface area contributed by atoms with Crippen molar-refractivity contribution in [3.63, 3.8) is 0 Å². The van der Waals surface area contributed by atoms with Crippen LogP contribution in [-0.2, 0) is 0 Å². The van der Waals surface area contributed by atoms with Crippen LogP contribution in [0.1, 0.15) is 15.9 Å². The third-order valence-corrected chi connectivity index (χ3v) is 4.11. The smallest absolute Gasteiger partial charge is 0.256 e. The van der Waals surface area contributed by atoms with Gasteiger partial charge < -0.3 is 16.0 Å². The number of benzene rings is 2. The van der Waals surface area contributed by atoms with Crippen molar-refractivity contribution in [1.29, 1.82) is 0 Å². The molecule has 0 aromatic heterocycles. The van der Waals surface area contributed by atoms with Crippen molar-refractivity contribution in [2.24, 2.45) is 0 Å². The predicted molar refractivity (Wildman–Crippen MR) is 92.0 cm³/mol. The highest BCUT2D eigenvalue weighted by Gasteiger charge is 2.12. The third kappa shape index (κ3) is 3.36. The lowest BCUT2D eigenvalue weighted by Gasteiger charge is -2.17. The normalized spacial score (nSPS) is 10.3. The second-order valence-corrected chi connectivity index (χ2v) is 5.85. The van der Waals surface area contributed by atoms with Crippen molar-refractivity contribution in [3.05, 3.63) is 52.0 Å². The Morgan fingerprint density at radius 3 is 2.62 bits per heavy atom. The van der Waals surface area contributed by atoms with E-state index >= 15 is 0 Å². The van der Waals surface area contributed by atoms with Crippen LogP contribution in [0.15, 0.2) is 40.9 Å². The van der Waals surface area contributed by atoms with E-state index in [1.807, 2.05) is 44.1 Å². The monoisotopic (exact) mass is 347 g/mol. The lowest BCUT2D eigenvalue weighted by atomic mass is 10.1. The van der Waals surface area contributed by atoms with Gasteiger partial charge in [0.2, 0.25) is 0 Å². The molecule has 4 nitrogen and oxygen atoms in total. The maximum Gasteiger partial charge on any atom is 0.256 e. The molecule has 5 heteroatoms. The molecule has 21 heavy (non-hydrogen) atoms. The van der Waals surface area contributed by atoms with Crippen LogP contribution in [0.25, 0.3) is 0 Å². The van der Waals surface area contributed by atoms with Crippen LogP contribution in [0, 0.1) is 6.92 Å². The number of nitrogens with one attached hydrogen (secondary N) is 1. The number of carbonyl (C=O) groups excluding carboxylic acids is 1. The number of amides is 1. The number of aryl methyl sites for hydroxylation is 1. The summed E-state index contributed by atoms with van der Waals surface area (Å²) in [5.74, 6) is -0.192. The summed E-state index contributed by atoms with van der Waals surface area (Å²) in [4.78, 5) is 14.4. The van der Waals surface area contributed by atoms with E-state index in [-0.39, 0.29) is 5.91 Å². The molecule has 0 aliphatic carbocycles. The van der Waals surface area contributed by atoms with E-state index in [0.29, 0.717) is 15.7 Å². The average molecular weight is 348 g/mol. The quantitative estimate of drug-likeness (QED) is 0.833. The third-order valence-electron chi connectivity index (χ3n) is 3.22. The fraction of sp³-hybridized carbons (Fsp3) is 0.188. The van der Waals surface area contributed by atoms with Gasteiger partial charge in [0.25, 0.3) is 5.91 Å². The van der Waals surface area contributed by atoms with E-state index in [1.54, 1.807) is 18.2 Å². The molecule has 0 saturated heterocycles. The Balaban J connectivity index is 2.28. The summed E-state index contributed by atoms with van der Waals surface area (Å²) in [5.41, 5.74) is 9.84. The van der Waals surface area contributed by atoms with Crippen molar-refractivity contribution in [2.75, 3.05) is 30.0 Å². The first-order valence-electron chi connectivity index (χ1n) is 6.53. The second-order valence-electron chi connectivity index (χ2n) is 5.06. The number of hydrogen-bond donors (Lipinski definition) is 2. The van der Waals surface area contributed by atoms with Crippen LogP contribution in [0.3, 0.4) is 0 Å². The number of halogens is 1. The van der Waals surface area contributed by atoms with Gasteiger partial charge in [-0.1, -0.05) is 12.1 Å². The molecule has 0 bridgehead atoms. The topological polar surface area (TPSA) is 58.4 Å². The van der Waals surface area contributed by atoms with Gasteiger partial charge in [0.15, 0.2) is 0 Å². The summed E-state index contributed by atoms with van der Waals surface area (Å²) in [6.07, 6.45) is 0. The zero-order valence-corrected chi connectivity index (χ0v) is 13.9. The highest BCUT2D eigenvalue weighted by atomic mass is 79.9. The first-order chi connectivity index (χ1) is 9.90. The molecule has 0 saturated carbocycles. The minimum absolute atomic E-state index is 0.192. The molecule has 2 rings (SSSR count). The molecule has 0 aliphatic heterocycles. The SMILES string of the molecule is Cc1ccc(NC(=O)c2cccc(N)c2Br)cc1N(C)C. The molecule has 2 aromatic rings. The molecule has 3 N–H and O–H groups in total. The van der Waals surface area contributed by atoms with E-state index in [1.165, 1.54) is 0 Å². The fourth-order valence-electron chi connectivity index (χ4n) is 2.09. The zero-order chi connectivity index (χ0) is 15.6. The number of carbonyl (C=O) groups is 1. The lowest BCUT2D eigenvalue weighted by molar-refractivity contribution is 0.102. The molecule has 0 atom stereocenters. The summed E-state index contributed by atoms with van der Waals surface area (Å²) in [5, 5.41) is 2.90. The van der Waals surface area contributed by atoms with Gasteiger partial charge in [-0.2, -0.15) is 0 Å². The van der Waals surface area contributed by atoms with E-state index in [2.05, 4.69) is 21.2 Å². The molecule has 0 spiro atoms. The maximum atomic E-state index is 12.3. The largest absolute Gasteiger partial charge is 0.398 e. The second kappa shape index (κ2) is 6.18. The summed E-state index contributed by atoms with van der Waals surface area (Å²) in [6, 6.07) is 11.1. The van der Waals surface area contributed by atoms with Gasteiger partial charge in [-0.05, 0) is 52.7 Å². The van der Waals surface area contributed by atoms with Gasteiger partial charge in [-0.3, -0.25) is 4.79 Å². The molecule has 0 fully saturated rings. The Morgan fingerprint density at radius 1 is 1.24 bits per heavy atom. The van der Waals surface area contributed by atoms with Gasteiger partial charge in [-0.25, -0.2) is 0 Å². The van der Waals surface area contributed by atoms with Crippen LogP contribution < -0.4 is 16.0 Å². The van der Waals surface area contributed by atoms with Crippen LogP contribution >= 0.6 is 15.9 Å². The van der Waals surface area contributed by atoms with Crippen LogP contribution in [0.4, 0.5) is 17.1 Å². The number of nitrogen functional groups attached to an aromatic ring is 1. The van der Waals surface area contributed by atoms with Crippen molar-refractivity contribution in [1.82, 2.24) is 0 Å². The fourth-order valence-corrected chi connectivity index (χ4v) is 2.54.